The van der Waals surface area contributed by atoms with Crippen LogP contribution in [0.1, 0.15) is 25.5 Å². The van der Waals surface area contributed by atoms with Crippen LogP contribution < -0.4 is 10.6 Å². The zero-order valence-electron chi connectivity index (χ0n) is 11.5. The molecule has 2 aromatic carbocycles. The number of benzene rings is 2. The lowest BCUT2D eigenvalue weighted by Gasteiger charge is -2.16. The van der Waals surface area contributed by atoms with E-state index in [1.165, 1.54) is 12.5 Å². The second-order valence-electron chi connectivity index (χ2n) is 4.68. The van der Waals surface area contributed by atoms with Gasteiger partial charge in [-0.05, 0) is 48.9 Å². The minimum atomic E-state index is -0.0692. The lowest BCUT2D eigenvalue weighted by Crippen LogP contribution is -2.07. The van der Waals surface area contributed by atoms with E-state index in [0.29, 0.717) is 0 Å². The number of halogens is 1. The molecule has 0 saturated carbocycles. The van der Waals surface area contributed by atoms with Crippen LogP contribution in [0.25, 0.3) is 0 Å². The molecule has 0 saturated heterocycles. The van der Waals surface area contributed by atoms with E-state index in [1.54, 1.807) is 0 Å². The number of hydrogen-bond donors (Lipinski definition) is 2. The molecule has 1 unspecified atom stereocenters. The van der Waals surface area contributed by atoms with Crippen LogP contribution >= 0.6 is 11.6 Å². The fourth-order valence-corrected chi connectivity index (χ4v) is 2.06. The van der Waals surface area contributed by atoms with Crippen molar-refractivity contribution in [3.63, 3.8) is 0 Å². The average molecular weight is 289 g/mol. The maximum absolute atomic E-state index is 11.0. The summed E-state index contributed by atoms with van der Waals surface area (Å²) in [6, 6.07) is 15.6. The Kier molecular flexibility index (Phi) is 4.64. The monoisotopic (exact) mass is 288 g/mol. The van der Waals surface area contributed by atoms with Crippen LogP contribution in [0.2, 0.25) is 5.02 Å². The molecule has 0 spiro atoms. The van der Waals surface area contributed by atoms with E-state index in [4.69, 9.17) is 11.6 Å². The van der Waals surface area contributed by atoms with Gasteiger partial charge in [0.25, 0.3) is 0 Å². The molecule has 4 heteroatoms. The normalized spacial score (nSPS) is 11.8. The maximum Gasteiger partial charge on any atom is 0.221 e. The molecule has 0 aliphatic heterocycles. The smallest absolute Gasteiger partial charge is 0.221 e. The fraction of sp³-hybridized carbons (Fsp3) is 0.188. The van der Waals surface area contributed by atoms with Crippen LogP contribution in [0, 0.1) is 0 Å². The number of amides is 1. The summed E-state index contributed by atoms with van der Waals surface area (Å²) < 4.78 is 0. The van der Waals surface area contributed by atoms with Gasteiger partial charge in [-0.1, -0.05) is 23.7 Å². The summed E-state index contributed by atoms with van der Waals surface area (Å²) in [5.74, 6) is -0.0692. The molecule has 0 aromatic heterocycles. The summed E-state index contributed by atoms with van der Waals surface area (Å²) in [6.07, 6.45) is 0. The Morgan fingerprint density at radius 1 is 1.00 bits per heavy atom. The van der Waals surface area contributed by atoms with E-state index in [2.05, 4.69) is 17.6 Å². The SMILES string of the molecule is CC(=O)Nc1ccc(NC(C)c2ccc(Cl)cc2)cc1. The van der Waals surface area contributed by atoms with Crippen LogP contribution in [0.3, 0.4) is 0 Å². The number of rotatable bonds is 4. The summed E-state index contributed by atoms with van der Waals surface area (Å²) in [7, 11) is 0. The van der Waals surface area contributed by atoms with Crippen molar-refractivity contribution in [3.05, 3.63) is 59.1 Å². The number of anilines is 2. The molecule has 1 atom stereocenters. The number of nitrogens with one attached hydrogen (secondary N) is 2. The molecule has 2 aromatic rings. The molecule has 0 heterocycles. The quantitative estimate of drug-likeness (QED) is 0.871. The molecule has 0 bridgehead atoms. The molecule has 3 nitrogen and oxygen atoms in total. The first-order valence-electron chi connectivity index (χ1n) is 6.44. The Morgan fingerprint density at radius 2 is 1.55 bits per heavy atom. The molecule has 1 amide bonds. The largest absolute Gasteiger partial charge is 0.379 e. The zero-order chi connectivity index (χ0) is 14.5. The lowest BCUT2D eigenvalue weighted by molar-refractivity contribution is -0.114. The van der Waals surface area contributed by atoms with Crippen molar-refractivity contribution in [2.75, 3.05) is 10.6 Å². The first-order valence-corrected chi connectivity index (χ1v) is 6.82. The van der Waals surface area contributed by atoms with Crippen molar-refractivity contribution >= 4 is 28.9 Å². The highest BCUT2D eigenvalue weighted by Gasteiger charge is 2.05. The number of carbonyl (C=O) groups is 1. The van der Waals surface area contributed by atoms with Crippen LogP contribution in [-0.4, -0.2) is 5.91 Å². The van der Waals surface area contributed by atoms with Crippen molar-refractivity contribution in [1.82, 2.24) is 0 Å². The van der Waals surface area contributed by atoms with Crippen LogP contribution in [-0.2, 0) is 4.79 Å². The molecule has 2 N–H and O–H groups in total. The van der Waals surface area contributed by atoms with Gasteiger partial charge >= 0.3 is 0 Å². The zero-order valence-corrected chi connectivity index (χ0v) is 12.2. The van der Waals surface area contributed by atoms with Gasteiger partial charge in [0.2, 0.25) is 5.91 Å². The number of hydrogen-bond acceptors (Lipinski definition) is 2. The topological polar surface area (TPSA) is 41.1 Å². The van der Waals surface area contributed by atoms with E-state index in [9.17, 15) is 4.79 Å². The number of carbonyl (C=O) groups excluding carboxylic acids is 1. The Labute approximate surface area is 124 Å². The minimum Gasteiger partial charge on any atom is -0.379 e. The van der Waals surface area contributed by atoms with Crippen molar-refractivity contribution in [1.29, 1.82) is 0 Å². The van der Waals surface area contributed by atoms with Gasteiger partial charge in [-0.25, -0.2) is 0 Å². The molecular weight excluding hydrogens is 272 g/mol. The van der Waals surface area contributed by atoms with E-state index in [0.717, 1.165) is 16.4 Å². The predicted molar refractivity (Wildman–Crippen MR) is 84.2 cm³/mol. The highest BCUT2D eigenvalue weighted by atomic mass is 35.5. The summed E-state index contributed by atoms with van der Waals surface area (Å²) in [4.78, 5) is 11.0. The average Bonchev–Trinajstić information content (AvgIpc) is 2.41. The summed E-state index contributed by atoms with van der Waals surface area (Å²) in [5.41, 5.74) is 2.96. The van der Waals surface area contributed by atoms with Gasteiger partial charge in [-0.3, -0.25) is 4.79 Å². The van der Waals surface area contributed by atoms with E-state index in [-0.39, 0.29) is 11.9 Å². The third kappa shape index (κ3) is 4.00. The lowest BCUT2D eigenvalue weighted by atomic mass is 10.1. The first-order chi connectivity index (χ1) is 9.54. The summed E-state index contributed by atoms with van der Waals surface area (Å²) in [5, 5.41) is 6.88. The Morgan fingerprint density at radius 3 is 2.10 bits per heavy atom. The maximum atomic E-state index is 11.0. The van der Waals surface area contributed by atoms with Crippen LogP contribution in [0.15, 0.2) is 48.5 Å². The highest BCUT2D eigenvalue weighted by Crippen LogP contribution is 2.22. The molecule has 2 rings (SSSR count). The van der Waals surface area contributed by atoms with E-state index >= 15 is 0 Å². The predicted octanol–water partition coefficient (Wildman–Crippen LogP) is 4.47. The summed E-state index contributed by atoms with van der Waals surface area (Å²) in [6.45, 7) is 3.58. The van der Waals surface area contributed by atoms with Gasteiger partial charge in [0.1, 0.15) is 0 Å². The minimum absolute atomic E-state index is 0.0692. The first kappa shape index (κ1) is 14.4. The Bertz CT molecular complexity index is 578. The Balaban J connectivity index is 2.02. The van der Waals surface area contributed by atoms with Crippen molar-refractivity contribution in [2.24, 2.45) is 0 Å². The second-order valence-corrected chi connectivity index (χ2v) is 5.11. The fourth-order valence-electron chi connectivity index (χ4n) is 1.94. The molecule has 104 valence electrons. The third-order valence-corrected chi connectivity index (χ3v) is 3.21. The van der Waals surface area contributed by atoms with E-state index in [1.807, 2.05) is 48.5 Å². The molecule has 20 heavy (non-hydrogen) atoms. The van der Waals surface area contributed by atoms with Crippen molar-refractivity contribution < 1.29 is 4.79 Å². The molecule has 0 aliphatic carbocycles. The van der Waals surface area contributed by atoms with Gasteiger partial charge in [-0.2, -0.15) is 0 Å². The van der Waals surface area contributed by atoms with Crippen LogP contribution in [0.5, 0.6) is 0 Å². The van der Waals surface area contributed by atoms with Gasteiger partial charge in [0.05, 0.1) is 0 Å². The van der Waals surface area contributed by atoms with Gasteiger partial charge in [0.15, 0.2) is 0 Å². The highest BCUT2D eigenvalue weighted by molar-refractivity contribution is 6.30. The van der Waals surface area contributed by atoms with Gasteiger partial charge in [-0.15, -0.1) is 0 Å². The van der Waals surface area contributed by atoms with Crippen LogP contribution in [0.4, 0.5) is 11.4 Å². The van der Waals surface area contributed by atoms with Crippen molar-refractivity contribution in [2.45, 2.75) is 19.9 Å². The molecule has 0 fully saturated rings. The standard InChI is InChI=1S/C16H17ClN2O/c1-11(13-3-5-14(17)6-4-13)18-15-7-9-16(10-8-15)19-12(2)20/h3-11,18H,1-2H3,(H,19,20). The van der Waals surface area contributed by atoms with Gasteiger partial charge < -0.3 is 10.6 Å². The van der Waals surface area contributed by atoms with Gasteiger partial charge in [0, 0.05) is 29.4 Å². The molecule has 0 radical (unpaired) electrons. The third-order valence-electron chi connectivity index (χ3n) is 2.96. The summed E-state index contributed by atoms with van der Waals surface area (Å²) >= 11 is 5.88. The molecular formula is C16H17ClN2O. The molecule has 0 aliphatic rings. The Hall–Kier alpha value is -2.00. The van der Waals surface area contributed by atoms with E-state index < -0.39 is 0 Å². The van der Waals surface area contributed by atoms with Crippen molar-refractivity contribution in [3.8, 4) is 0 Å². The second kappa shape index (κ2) is 6.44.